The molecule has 0 radical (unpaired) electrons. The summed E-state index contributed by atoms with van der Waals surface area (Å²) < 4.78 is 2.03. The fourth-order valence-corrected chi connectivity index (χ4v) is 3.09. The van der Waals surface area contributed by atoms with Crippen LogP contribution >= 0.6 is 0 Å². The van der Waals surface area contributed by atoms with E-state index in [1.54, 1.807) is 0 Å². The van der Waals surface area contributed by atoms with Crippen LogP contribution in [-0.2, 0) is 13.1 Å². The van der Waals surface area contributed by atoms with Crippen LogP contribution in [0.25, 0.3) is 0 Å². The Hall–Kier alpha value is -0.870. The van der Waals surface area contributed by atoms with E-state index in [1.807, 2.05) is 10.9 Å². The molecule has 0 spiro atoms. The molecule has 1 unspecified atom stereocenters. The highest BCUT2D eigenvalue weighted by Gasteiger charge is 2.31. The topological polar surface area (TPSA) is 33.1 Å². The number of nitrogens with zero attached hydrogens (tertiary/aromatic N) is 3. The van der Waals surface area contributed by atoms with Gasteiger partial charge in [0.05, 0.1) is 6.20 Å². The van der Waals surface area contributed by atoms with Gasteiger partial charge in [-0.2, -0.15) is 5.10 Å². The molecule has 1 aromatic rings. The van der Waals surface area contributed by atoms with Gasteiger partial charge >= 0.3 is 0 Å². The van der Waals surface area contributed by atoms with Gasteiger partial charge in [-0.15, -0.1) is 0 Å². The zero-order valence-corrected chi connectivity index (χ0v) is 12.0. The zero-order valence-electron chi connectivity index (χ0n) is 12.0. The minimum Gasteiger partial charge on any atom is -0.316 e. The Kier molecular flexibility index (Phi) is 4.18. The van der Waals surface area contributed by atoms with Gasteiger partial charge in [0, 0.05) is 37.4 Å². The van der Waals surface area contributed by atoms with Crippen LogP contribution < -0.4 is 5.32 Å². The fraction of sp³-hybridized carbons (Fsp3) is 0.800. The monoisotopic (exact) mass is 262 g/mol. The first kappa shape index (κ1) is 13.1. The van der Waals surface area contributed by atoms with E-state index in [9.17, 15) is 0 Å². The number of nitrogens with one attached hydrogen (secondary N) is 1. The van der Waals surface area contributed by atoms with Crippen molar-refractivity contribution in [3.8, 4) is 0 Å². The summed E-state index contributed by atoms with van der Waals surface area (Å²) in [7, 11) is 0. The molecule has 2 fully saturated rings. The predicted molar refractivity (Wildman–Crippen MR) is 76.9 cm³/mol. The summed E-state index contributed by atoms with van der Waals surface area (Å²) in [6.07, 6.45) is 9.76. The maximum absolute atomic E-state index is 4.39. The van der Waals surface area contributed by atoms with Gasteiger partial charge in [0.15, 0.2) is 0 Å². The molecular formula is C15H26N4. The van der Waals surface area contributed by atoms with Crippen molar-refractivity contribution in [3.05, 3.63) is 18.0 Å². The van der Waals surface area contributed by atoms with Gasteiger partial charge in [0.1, 0.15) is 0 Å². The summed E-state index contributed by atoms with van der Waals surface area (Å²) in [6.45, 7) is 7.87. The fourth-order valence-electron chi connectivity index (χ4n) is 3.09. The van der Waals surface area contributed by atoms with E-state index >= 15 is 0 Å². The molecule has 2 heterocycles. The van der Waals surface area contributed by atoms with Crippen molar-refractivity contribution >= 4 is 0 Å². The Morgan fingerprint density at radius 2 is 2.32 bits per heavy atom. The Bertz CT molecular complexity index is 391. The molecule has 2 aliphatic rings. The molecule has 1 saturated heterocycles. The Morgan fingerprint density at radius 3 is 2.95 bits per heavy atom. The SMILES string of the molecule is CCn1cc(CN(CC2CCCNC2)C2CC2)cn1. The van der Waals surface area contributed by atoms with Crippen molar-refractivity contribution in [2.24, 2.45) is 5.92 Å². The molecule has 0 amide bonds. The van der Waals surface area contributed by atoms with E-state index in [0.717, 1.165) is 25.0 Å². The van der Waals surface area contributed by atoms with Crippen LogP contribution in [-0.4, -0.2) is 40.4 Å². The Labute approximate surface area is 116 Å². The van der Waals surface area contributed by atoms with Gasteiger partial charge in [-0.25, -0.2) is 0 Å². The first-order valence-electron chi connectivity index (χ1n) is 7.81. The van der Waals surface area contributed by atoms with Crippen molar-refractivity contribution in [2.75, 3.05) is 19.6 Å². The highest BCUT2D eigenvalue weighted by atomic mass is 15.3. The summed E-state index contributed by atoms with van der Waals surface area (Å²) in [4.78, 5) is 2.69. The van der Waals surface area contributed by atoms with E-state index in [0.29, 0.717) is 0 Å². The number of aryl methyl sites for hydroxylation is 1. The van der Waals surface area contributed by atoms with E-state index in [4.69, 9.17) is 0 Å². The van der Waals surface area contributed by atoms with Gasteiger partial charge < -0.3 is 5.32 Å². The third kappa shape index (κ3) is 3.57. The average Bonchev–Trinajstić information content (AvgIpc) is 3.20. The number of rotatable bonds is 6. The second-order valence-electron chi connectivity index (χ2n) is 6.08. The maximum atomic E-state index is 4.39. The van der Waals surface area contributed by atoms with Crippen molar-refractivity contribution in [3.63, 3.8) is 0 Å². The Morgan fingerprint density at radius 1 is 1.42 bits per heavy atom. The van der Waals surface area contributed by atoms with E-state index in [2.05, 4.69) is 28.4 Å². The molecule has 1 atom stereocenters. The van der Waals surface area contributed by atoms with Crippen LogP contribution in [0.15, 0.2) is 12.4 Å². The maximum Gasteiger partial charge on any atom is 0.0534 e. The van der Waals surface area contributed by atoms with Gasteiger partial charge in [-0.3, -0.25) is 9.58 Å². The third-order valence-corrected chi connectivity index (χ3v) is 4.35. The van der Waals surface area contributed by atoms with Crippen LogP contribution in [0.2, 0.25) is 0 Å². The molecule has 0 bridgehead atoms. The summed E-state index contributed by atoms with van der Waals surface area (Å²) >= 11 is 0. The minimum absolute atomic E-state index is 0.840. The van der Waals surface area contributed by atoms with Crippen LogP contribution in [0.1, 0.15) is 38.2 Å². The lowest BCUT2D eigenvalue weighted by molar-refractivity contribution is 0.192. The van der Waals surface area contributed by atoms with E-state index in [-0.39, 0.29) is 0 Å². The van der Waals surface area contributed by atoms with E-state index < -0.39 is 0 Å². The van der Waals surface area contributed by atoms with Gasteiger partial charge in [-0.1, -0.05) is 0 Å². The molecule has 4 heteroatoms. The first-order valence-corrected chi connectivity index (χ1v) is 7.81. The summed E-state index contributed by atoms with van der Waals surface area (Å²) in [5.41, 5.74) is 1.37. The summed E-state index contributed by atoms with van der Waals surface area (Å²) in [5.74, 6) is 0.843. The lowest BCUT2D eigenvalue weighted by Crippen LogP contribution is -2.39. The van der Waals surface area contributed by atoms with Crippen molar-refractivity contribution in [1.82, 2.24) is 20.0 Å². The molecular weight excluding hydrogens is 236 g/mol. The number of aromatic nitrogens is 2. The van der Waals surface area contributed by atoms with Crippen LogP contribution in [0.3, 0.4) is 0 Å². The third-order valence-electron chi connectivity index (χ3n) is 4.35. The van der Waals surface area contributed by atoms with E-state index in [1.165, 1.54) is 50.9 Å². The molecule has 1 N–H and O–H groups in total. The quantitative estimate of drug-likeness (QED) is 0.849. The largest absolute Gasteiger partial charge is 0.316 e. The Balaban J connectivity index is 1.57. The van der Waals surface area contributed by atoms with Crippen LogP contribution in [0.5, 0.6) is 0 Å². The van der Waals surface area contributed by atoms with Crippen molar-refractivity contribution in [1.29, 1.82) is 0 Å². The molecule has 1 saturated carbocycles. The number of hydrogen-bond donors (Lipinski definition) is 1. The second kappa shape index (κ2) is 6.06. The predicted octanol–water partition coefficient (Wildman–Crippen LogP) is 1.87. The molecule has 19 heavy (non-hydrogen) atoms. The highest BCUT2D eigenvalue weighted by molar-refractivity contribution is 5.05. The molecule has 1 aliphatic heterocycles. The van der Waals surface area contributed by atoms with Crippen LogP contribution in [0.4, 0.5) is 0 Å². The lowest BCUT2D eigenvalue weighted by atomic mass is 9.99. The first-order chi connectivity index (χ1) is 9.35. The lowest BCUT2D eigenvalue weighted by Gasteiger charge is -2.30. The normalized spacial score (nSPS) is 24.0. The molecule has 106 valence electrons. The van der Waals surface area contributed by atoms with Crippen molar-refractivity contribution in [2.45, 2.75) is 51.7 Å². The summed E-state index contributed by atoms with van der Waals surface area (Å²) in [5, 5.41) is 7.93. The minimum atomic E-state index is 0.840. The van der Waals surface area contributed by atoms with Crippen molar-refractivity contribution < 1.29 is 0 Å². The molecule has 1 aliphatic carbocycles. The molecule has 1 aromatic heterocycles. The van der Waals surface area contributed by atoms with Gasteiger partial charge in [-0.05, 0) is 51.6 Å². The molecule has 4 nitrogen and oxygen atoms in total. The number of hydrogen-bond acceptors (Lipinski definition) is 3. The zero-order chi connectivity index (χ0) is 13.1. The molecule has 0 aromatic carbocycles. The molecule has 3 rings (SSSR count). The van der Waals surface area contributed by atoms with Gasteiger partial charge in [0.2, 0.25) is 0 Å². The summed E-state index contributed by atoms with van der Waals surface area (Å²) in [6, 6.07) is 0.840. The smallest absolute Gasteiger partial charge is 0.0534 e. The highest BCUT2D eigenvalue weighted by Crippen LogP contribution is 2.29. The average molecular weight is 262 g/mol. The standard InChI is InChI=1S/C15H26N4/c1-2-19-12-14(9-17-19)11-18(15-5-6-15)10-13-4-3-7-16-8-13/h9,12-13,15-16H,2-8,10-11H2,1H3. The van der Waals surface area contributed by atoms with Gasteiger partial charge in [0.25, 0.3) is 0 Å². The second-order valence-corrected chi connectivity index (χ2v) is 6.08. The van der Waals surface area contributed by atoms with Crippen LogP contribution in [0, 0.1) is 5.92 Å². The number of piperidine rings is 1.